The summed E-state index contributed by atoms with van der Waals surface area (Å²) in [5.74, 6) is 0.407. The quantitative estimate of drug-likeness (QED) is 0.335. The molecule has 0 spiro atoms. The molecule has 2 heterocycles. The summed E-state index contributed by atoms with van der Waals surface area (Å²) in [4.78, 5) is 16.9. The fourth-order valence-corrected chi connectivity index (χ4v) is 4.90. The molecule has 0 aliphatic carbocycles. The molecule has 0 unspecified atom stereocenters. The number of nitrogens with zero attached hydrogens (tertiary/aromatic N) is 4. The van der Waals surface area contributed by atoms with Crippen molar-refractivity contribution in [1.29, 1.82) is 5.26 Å². The van der Waals surface area contributed by atoms with Crippen molar-refractivity contribution in [2.75, 3.05) is 5.32 Å². The summed E-state index contributed by atoms with van der Waals surface area (Å²) >= 11 is 4.27. The van der Waals surface area contributed by atoms with Crippen LogP contribution in [0.3, 0.4) is 0 Å². The van der Waals surface area contributed by atoms with Gasteiger partial charge in [-0.3, -0.25) is 10.1 Å². The lowest BCUT2D eigenvalue weighted by molar-refractivity contribution is 0.102. The van der Waals surface area contributed by atoms with E-state index < -0.39 is 0 Å². The van der Waals surface area contributed by atoms with E-state index >= 15 is 0 Å². The second-order valence-corrected chi connectivity index (χ2v) is 8.89. The second-order valence-electron chi connectivity index (χ2n) is 5.83. The van der Waals surface area contributed by atoms with E-state index in [1.165, 1.54) is 34.4 Å². The third-order valence-corrected chi connectivity index (χ3v) is 6.76. The Morgan fingerprint density at radius 1 is 1.10 bits per heavy atom. The maximum absolute atomic E-state index is 12.4. The van der Waals surface area contributed by atoms with Gasteiger partial charge in [-0.15, -0.1) is 21.5 Å². The number of amides is 1. The number of benzene rings is 2. The highest BCUT2D eigenvalue weighted by Crippen LogP contribution is 2.29. The van der Waals surface area contributed by atoms with Crippen LogP contribution < -0.4 is 5.32 Å². The first-order chi connectivity index (χ1) is 14.2. The number of nitriles is 1. The van der Waals surface area contributed by atoms with Gasteiger partial charge in [-0.25, -0.2) is 4.98 Å². The molecule has 0 atom stereocenters. The summed E-state index contributed by atoms with van der Waals surface area (Å²) in [7, 11) is 0. The molecule has 2 aromatic heterocycles. The molecule has 0 aliphatic rings. The Morgan fingerprint density at radius 3 is 2.66 bits per heavy atom. The molecular formula is C20H13N5OS3. The van der Waals surface area contributed by atoms with Crippen LogP contribution in [-0.2, 0) is 5.75 Å². The predicted molar refractivity (Wildman–Crippen MR) is 116 cm³/mol. The SMILES string of the molecule is N#Cc1ccc(CSc2nnc(NC(=O)c3csc(-c4ccccc4)n3)s2)cc1. The smallest absolute Gasteiger partial charge is 0.276 e. The van der Waals surface area contributed by atoms with Gasteiger partial charge in [-0.2, -0.15) is 5.26 Å². The fraction of sp³-hybridized carbons (Fsp3) is 0.0500. The van der Waals surface area contributed by atoms with Gasteiger partial charge in [0, 0.05) is 16.7 Å². The molecule has 29 heavy (non-hydrogen) atoms. The summed E-state index contributed by atoms with van der Waals surface area (Å²) in [6.07, 6.45) is 0. The zero-order valence-corrected chi connectivity index (χ0v) is 17.4. The molecule has 4 rings (SSSR count). The highest BCUT2D eigenvalue weighted by Gasteiger charge is 2.14. The Morgan fingerprint density at radius 2 is 1.90 bits per heavy atom. The standard InChI is InChI=1S/C20H13N5OS3/c21-10-13-6-8-14(9-7-13)11-28-20-25-24-19(29-20)23-17(26)16-12-27-18(22-16)15-4-2-1-3-5-15/h1-9,12H,11H2,(H,23,24,26). The normalized spacial score (nSPS) is 10.4. The van der Waals surface area contributed by atoms with Gasteiger partial charge in [0.1, 0.15) is 10.7 Å². The van der Waals surface area contributed by atoms with Crippen LogP contribution in [0.4, 0.5) is 5.13 Å². The summed E-state index contributed by atoms with van der Waals surface area (Å²) in [5, 5.41) is 22.7. The van der Waals surface area contributed by atoms with Crippen LogP contribution >= 0.6 is 34.4 Å². The molecule has 0 aliphatic heterocycles. The van der Waals surface area contributed by atoms with Gasteiger partial charge in [-0.1, -0.05) is 65.6 Å². The first-order valence-electron chi connectivity index (χ1n) is 8.49. The molecule has 0 saturated carbocycles. The van der Waals surface area contributed by atoms with Gasteiger partial charge < -0.3 is 0 Å². The maximum atomic E-state index is 12.4. The molecule has 9 heteroatoms. The average molecular weight is 436 g/mol. The minimum atomic E-state index is -0.303. The first kappa shape index (κ1) is 19.3. The van der Waals surface area contributed by atoms with Crippen LogP contribution in [0.5, 0.6) is 0 Å². The molecule has 0 saturated heterocycles. The molecule has 0 radical (unpaired) electrons. The molecule has 142 valence electrons. The van der Waals surface area contributed by atoms with Crippen molar-refractivity contribution in [2.45, 2.75) is 10.1 Å². The number of rotatable bonds is 6. The van der Waals surface area contributed by atoms with Crippen LogP contribution in [0.2, 0.25) is 0 Å². The molecule has 0 fully saturated rings. The lowest BCUT2D eigenvalue weighted by atomic mass is 10.2. The number of anilines is 1. The lowest BCUT2D eigenvalue weighted by Crippen LogP contribution is -2.12. The minimum Gasteiger partial charge on any atom is -0.295 e. The van der Waals surface area contributed by atoms with Crippen molar-refractivity contribution in [2.24, 2.45) is 0 Å². The molecule has 2 aromatic carbocycles. The lowest BCUT2D eigenvalue weighted by Gasteiger charge is -1.98. The summed E-state index contributed by atoms with van der Waals surface area (Å²) in [5.41, 5.74) is 3.06. The number of carbonyl (C=O) groups is 1. The van der Waals surface area contributed by atoms with Crippen molar-refractivity contribution in [3.8, 4) is 16.6 Å². The van der Waals surface area contributed by atoms with E-state index in [9.17, 15) is 4.79 Å². The highest BCUT2D eigenvalue weighted by molar-refractivity contribution is 8.00. The van der Waals surface area contributed by atoms with Gasteiger partial charge >= 0.3 is 0 Å². The van der Waals surface area contributed by atoms with E-state index in [0.29, 0.717) is 22.1 Å². The van der Waals surface area contributed by atoms with Crippen molar-refractivity contribution < 1.29 is 4.79 Å². The van der Waals surface area contributed by atoms with Gasteiger partial charge in [0.25, 0.3) is 5.91 Å². The average Bonchev–Trinajstić information content (AvgIpc) is 3.43. The van der Waals surface area contributed by atoms with E-state index in [4.69, 9.17) is 5.26 Å². The largest absolute Gasteiger partial charge is 0.295 e. The Bertz CT molecular complexity index is 1160. The van der Waals surface area contributed by atoms with Crippen LogP contribution in [0.1, 0.15) is 21.6 Å². The van der Waals surface area contributed by atoms with Crippen LogP contribution in [0.15, 0.2) is 64.3 Å². The summed E-state index contributed by atoms with van der Waals surface area (Å²) in [6.45, 7) is 0. The van der Waals surface area contributed by atoms with Crippen LogP contribution in [0, 0.1) is 11.3 Å². The third kappa shape index (κ3) is 4.86. The first-order valence-corrected chi connectivity index (χ1v) is 11.2. The molecule has 1 amide bonds. The van der Waals surface area contributed by atoms with Gasteiger partial charge in [-0.05, 0) is 17.7 Å². The zero-order chi connectivity index (χ0) is 20.1. The van der Waals surface area contributed by atoms with Crippen LogP contribution in [0.25, 0.3) is 10.6 Å². The third-order valence-electron chi connectivity index (χ3n) is 3.83. The number of thiazole rings is 1. The molecular weight excluding hydrogens is 422 g/mol. The molecule has 6 nitrogen and oxygen atoms in total. The maximum Gasteiger partial charge on any atom is 0.276 e. The molecule has 0 bridgehead atoms. The monoisotopic (exact) mass is 435 g/mol. The predicted octanol–water partition coefficient (Wildman–Crippen LogP) is 5.08. The Kier molecular flexibility index (Phi) is 5.95. The second kappa shape index (κ2) is 8.96. The number of carbonyl (C=O) groups excluding carboxylic acids is 1. The highest BCUT2D eigenvalue weighted by atomic mass is 32.2. The number of thioether (sulfide) groups is 1. The van der Waals surface area contributed by atoms with Crippen molar-refractivity contribution in [3.05, 3.63) is 76.8 Å². The minimum absolute atomic E-state index is 0.303. The van der Waals surface area contributed by atoms with Gasteiger partial charge in [0.05, 0.1) is 11.6 Å². The van der Waals surface area contributed by atoms with Gasteiger partial charge in [0.2, 0.25) is 5.13 Å². The zero-order valence-electron chi connectivity index (χ0n) is 14.9. The van der Waals surface area contributed by atoms with Crippen molar-refractivity contribution >= 4 is 45.5 Å². The Labute approximate surface area is 179 Å². The summed E-state index contributed by atoms with van der Waals surface area (Å²) in [6, 6.07) is 19.3. The van der Waals surface area contributed by atoms with E-state index in [0.717, 1.165) is 20.5 Å². The van der Waals surface area contributed by atoms with E-state index in [-0.39, 0.29) is 5.91 Å². The fourth-order valence-electron chi connectivity index (χ4n) is 2.39. The number of aromatic nitrogens is 3. The van der Waals surface area contributed by atoms with E-state index in [1.54, 1.807) is 17.5 Å². The topological polar surface area (TPSA) is 91.6 Å². The molecule has 1 N–H and O–H groups in total. The Hall–Kier alpha value is -3.06. The number of nitrogens with one attached hydrogen (secondary N) is 1. The van der Waals surface area contributed by atoms with E-state index in [1.807, 2.05) is 42.5 Å². The van der Waals surface area contributed by atoms with Crippen LogP contribution in [-0.4, -0.2) is 21.1 Å². The van der Waals surface area contributed by atoms with Crippen molar-refractivity contribution in [3.63, 3.8) is 0 Å². The number of hydrogen-bond acceptors (Lipinski definition) is 8. The molecule has 4 aromatic rings. The Balaban J connectivity index is 1.35. The van der Waals surface area contributed by atoms with Crippen molar-refractivity contribution in [1.82, 2.24) is 15.2 Å². The van der Waals surface area contributed by atoms with Gasteiger partial charge in [0.15, 0.2) is 4.34 Å². The van der Waals surface area contributed by atoms with E-state index in [2.05, 4.69) is 26.6 Å². The number of hydrogen-bond donors (Lipinski definition) is 1. The summed E-state index contributed by atoms with van der Waals surface area (Å²) < 4.78 is 0.757.